The van der Waals surface area contributed by atoms with Crippen molar-refractivity contribution < 1.29 is 5.11 Å². The minimum Gasteiger partial charge on any atom is -0.392 e. The molecule has 0 bridgehead atoms. The van der Waals surface area contributed by atoms with Crippen LogP contribution in [0.25, 0.3) is 5.69 Å². The van der Waals surface area contributed by atoms with Crippen molar-refractivity contribution in [1.29, 1.82) is 0 Å². The summed E-state index contributed by atoms with van der Waals surface area (Å²) in [5.74, 6) is 0. The van der Waals surface area contributed by atoms with E-state index in [0.717, 1.165) is 22.6 Å². The van der Waals surface area contributed by atoms with Gasteiger partial charge < -0.3 is 10.4 Å². The molecule has 0 atom stereocenters. The largest absolute Gasteiger partial charge is 0.392 e. The van der Waals surface area contributed by atoms with E-state index >= 15 is 0 Å². The number of rotatable bonds is 5. The quantitative estimate of drug-likeness (QED) is 0.755. The number of benzene rings is 2. The van der Waals surface area contributed by atoms with Gasteiger partial charge in [-0.2, -0.15) is 5.10 Å². The average molecular weight is 279 g/mol. The van der Waals surface area contributed by atoms with Crippen LogP contribution in [0.1, 0.15) is 11.3 Å². The van der Waals surface area contributed by atoms with Crippen molar-refractivity contribution in [3.8, 4) is 5.69 Å². The Balaban J connectivity index is 1.67. The summed E-state index contributed by atoms with van der Waals surface area (Å²) in [7, 11) is 0. The monoisotopic (exact) mass is 279 g/mol. The molecule has 1 heterocycles. The molecule has 0 aliphatic heterocycles. The van der Waals surface area contributed by atoms with Crippen molar-refractivity contribution in [3.63, 3.8) is 0 Å². The second-order valence-corrected chi connectivity index (χ2v) is 4.80. The van der Waals surface area contributed by atoms with E-state index < -0.39 is 0 Å². The lowest BCUT2D eigenvalue weighted by atomic mass is 10.2. The number of anilines is 1. The molecule has 0 spiro atoms. The highest BCUT2D eigenvalue weighted by Gasteiger charge is 2.01. The van der Waals surface area contributed by atoms with Gasteiger partial charge in [-0.1, -0.05) is 30.3 Å². The average Bonchev–Trinajstić information content (AvgIpc) is 3.03. The number of aliphatic hydroxyl groups excluding tert-OH is 1. The third-order valence-electron chi connectivity index (χ3n) is 3.25. The lowest BCUT2D eigenvalue weighted by molar-refractivity contribution is 0.282. The second-order valence-electron chi connectivity index (χ2n) is 4.80. The lowest BCUT2D eigenvalue weighted by Gasteiger charge is -2.06. The number of aliphatic hydroxyl groups is 1. The predicted octanol–water partition coefficient (Wildman–Crippen LogP) is 2.98. The zero-order valence-electron chi connectivity index (χ0n) is 11.6. The highest BCUT2D eigenvalue weighted by molar-refractivity contribution is 5.45. The standard InChI is InChI=1S/C17H17N3O/c21-13-14-5-4-6-15(11-14)18-12-16-9-10-20(19-16)17-7-2-1-3-8-17/h1-11,18,21H,12-13H2. The van der Waals surface area contributed by atoms with Crippen molar-refractivity contribution in [1.82, 2.24) is 9.78 Å². The summed E-state index contributed by atoms with van der Waals surface area (Å²) in [5, 5.41) is 17.0. The number of nitrogens with one attached hydrogen (secondary N) is 1. The van der Waals surface area contributed by atoms with E-state index in [2.05, 4.69) is 10.4 Å². The lowest BCUT2D eigenvalue weighted by Crippen LogP contribution is -2.02. The molecule has 1 aromatic heterocycles. The first-order chi connectivity index (χ1) is 10.3. The van der Waals surface area contributed by atoms with Crippen LogP contribution in [-0.2, 0) is 13.2 Å². The zero-order chi connectivity index (χ0) is 14.5. The number of hydrogen-bond donors (Lipinski definition) is 2. The highest BCUT2D eigenvalue weighted by Crippen LogP contribution is 2.12. The highest BCUT2D eigenvalue weighted by atomic mass is 16.3. The van der Waals surface area contributed by atoms with Crippen LogP contribution in [0.3, 0.4) is 0 Å². The van der Waals surface area contributed by atoms with Crippen LogP contribution in [0.4, 0.5) is 5.69 Å². The Labute approximate surface area is 123 Å². The van der Waals surface area contributed by atoms with Gasteiger partial charge >= 0.3 is 0 Å². The molecule has 4 heteroatoms. The van der Waals surface area contributed by atoms with E-state index in [-0.39, 0.29) is 6.61 Å². The molecule has 0 fully saturated rings. The van der Waals surface area contributed by atoms with Gasteiger partial charge in [-0.15, -0.1) is 0 Å². The maximum absolute atomic E-state index is 9.13. The van der Waals surface area contributed by atoms with Crippen LogP contribution in [0, 0.1) is 0 Å². The first kappa shape index (κ1) is 13.4. The maximum Gasteiger partial charge on any atom is 0.0819 e. The van der Waals surface area contributed by atoms with E-state index in [9.17, 15) is 0 Å². The van der Waals surface area contributed by atoms with Crippen LogP contribution >= 0.6 is 0 Å². The summed E-state index contributed by atoms with van der Waals surface area (Å²) < 4.78 is 1.86. The van der Waals surface area contributed by atoms with Crippen molar-refractivity contribution >= 4 is 5.69 Å². The van der Waals surface area contributed by atoms with Gasteiger partial charge in [0.2, 0.25) is 0 Å². The zero-order valence-corrected chi connectivity index (χ0v) is 11.6. The molecule has 0 saturated heterocycles. The molecular formula is C17H17N3O. The number of para-hydroxylation sites is 1. The molecule has 0 aliphatic carbocycles. The summed E-state index contributed by atoms with van der Waals surface area (Å²) in [6, 6.07) is 19.8. The molecule has 3 aromatic rings. The Morgan fingerprint density at radius 1 is 1.00 bits per heavy atom. The summed E-state index contributed by atoms with van der Waals surface area (Å²) in [4.78, 5) is 0. The Morgan fingerprint density at radius 3 is 2.67 bits per heavy atom. The fourth-order valence-electron chi connectivity index (χ4n) is 2.15. The van der Waals surface area contributed by atoms with E-state index in [0.29, 0.717) is 6.54 Å². The molecule has 0 saturated carbocycles. The van der Waals surface area contributed by atoms with Crippen molar-refractivity contribution in [2.24, 2.45) is 0 Å². The maximum atomic E-state index is 9.13. The van der Waals surface area contributed by atoms with Gasteiger partial charge in [-0.05, 0) is 35.9 Å². The first-order valence-electron chi connectivity index (χ1n) is 6.89. The van der Waals surface area contributed by atoms with Gasteiger partial charge in [0.15, 0.2) is 0 Å². The number of hydrogen-bond acceptors (Lipinski definition) is 3. The molecule has 2 aromatic carbocycles. The first-order valence-corrected chi connectivity index (χ1v) is 6.89. The number of nitrogens with zero attached hydrogens (tertiary/aromatic N) is 2. The Hall–Kier alpha value is -2.59. The molecule has 4 nitrogen and oxygen atoms in total. The Kier molecular flexibility index (Phi) is 3.98. The predicted molar refractivity (Wildman–Crippen MR) is 83.3 cm³/mol. The fraction of sp³-hybridized carbons (Fsp3) is 0.118. The number of aromatic nitrogens is 2. The third-order valence-corrected chi connectivity index (χ3v) is 3.25. The normalized spacial score (nSPS) is 10.5. The van der Waals surface area contributed by atoms with Gasteiger partial charge in [-0.25, -0.2) is 4.68 Å². The summed E-state index contributed by atoms with van der Waals surface area (Å²) >= 11 is 0. The van der Waals surface area contributed by atoms with Crippen molar-refractivity contribution in [3.05, 3.63) is 78.1 Å². The second kappa shape index (κ2) is 6.24. The van der Waals surface area contributed by atoms with Gasteiger partial charge in [0.25, 0.3) is 0 Å². The topological polar surface area (TPSA) is 50.1 Å². The van der Waals surface area contributed by atoms with E-state index in [4.69, 9.17) is 5.11 Å². The molecule has 0 unspecified atom stereocenters. The van der Waals surface area contributed by atoms with Crippen LogP contribution in [0.2, 0.25) is 0 Å². The van der Waals surface area contributed by atoms with Crippen LogP contribution in [0.15, 0.2) is 66.9 Å². The van der Waals surface area contributed by atoms with E-state index in [1.54, 1.807) is 0 Å². The third kappa shape index (κ3) is 3.30. The van der Waals surface area contributed by atoms with Crippen LogP contribution < -0.4 is 5.32 Å². The van der Waals surface area contributed by atoms with Gasteiger partial charge in [-0.3, -0.25) is 0 Å². The molecular weight excluding hydrogens is 262 g/mol. The van der Waals surface area contributed by atoms with Crippen molar-refractivity contribution in [2.75, 3.05) is 5.32 Å². The van der Waals surface area contributed by atoms with E-state index in [1.165, 1.54) is 0 Å². The SMILES string of the molecule is OCc1cccc(NCc2ccn(-c3ccccc3)n2)c1. The minimum absolute atomic E-state index is 0.0537. The van der Waals surface area contributed by atoms with Gasteiger partial charge in [0, 0.05) is 11.9 Å². The van der Waals surface area contributed by atoms with Gasteiger partial charge in [0.1, 0.15) is 0 Å². The van der Waals surface area contributed by atoms with Crippen molar-refractivity contribution in [2.45, 2.75) is 13.2 Å². The van der Waals surface area contributed by atoms with Crippen LogP contribution in [0.5, 0.6) is 0 Å². The molecule has 21 heavy (non-hydrogen) atoms. The summed E-state index contributed by atoms with van der Waals surface area (Å²) in [5.41, 5.74) is 3.89. The van der Waals surface area contributed by atoms with Crippen LogP contribution in [-0.4, -0.2) is 14.9 Å². The molecule has 3 rings (SSSR count). The smallest absolute Gasteiger partial charge is 0.0819 e. The van der Waals surface area contributed by atoms with Gasteiger partial charge in [0.05, 0.1) is 24.5 Å². The summed E-state index contributed by atoms with van der Waals surface area (Å²) in [6.45, 7) is 0.701. The molecule has 106 valence electrons. The fourth-order valence-corrected chi connectivity index (χ4v) is 2.15. The summed E-state index contributed by atoms with van der Waals surface area (Å²) in [6.07, 6.45) is 1.95. The molecule has 0 aliphatic rings. The Bertz CT molecular complexity index is 707. The molecule has 2 N–H and O–H groups in total. The minimum atomic E-state index is 0.0537. The molecule has 0 radical (unpaired) electrons. The Morgan fingerprint density at radius 2 is 1.86 bits per heavy atom. The molecule has 0 amide bonds. The van der Waals surface area contributed by atoms with E-state index in [1.807, 2.05) is 71.5 Å².